The molecule has 3 N–H and O–H groups in total. The normalized spacial score (nSPS) is 17.0. The van der Waals surface area contributed by atoms with Crippen LogP contribution in [0, 0.1) is 5.92 Å². The van der Waals surface area contributed by atoms with Gasteiger partial charge in [-0.2, -0.15) is 0 Å². The molecule has 0 amide bonds. The number of rotatable bonds is 6. The summed E-state index contributed by atoms with van der Waals surface area (Å²) in [6.45, 7) is 3.02. The van der Waals surface area contributed by atoms with Crippen molar-refractivity contribution in [2.75, 3.05) is 6.54 Å². The Morgan fingerprint density at radius 2 is 2.12 bits per heavy atom. The predicted octanol–water partition coefficient (Wildman–Crippen LogP) is 2.94. The highest BCUT2D eigenvalue weighted by Crippen LogP contribution is 2.33. The van der Waals surface area contributed by atoms with Crippen molar-refractivity contribution in [3.05, 3.63) is 23.8 Å². The molecule has 2 rings (SSSR count). The fraction of sp³-hybridized carbons (Fsp3) is 0.571. The van der Waals surface area contributed by atoms with Crippen LogP contribution in [0.15, 0.2) is 18.2 Å². The topological polar surface area (TPSA) is 52.5 Å². The van der Waals surface area contributed by atoms with Crippen LogP contribution in [0.3, 0.4) is 0 Å². The van der Waals surface area contributed by atoms with Crippen LogP contribution in [0.2, 0.25) is 0 Å². The molecule has 0 aromatic heterocycles. The van der Waals surface area contributed by atoms with Crippen LogP contribution in [0.25, 0.3) is 0 Å². The summed E-state index contributed by atoms with van der Waals surface area (Å²) >= 11 is 0. The molecule has 17 heavy (non-hydrogen) atoms. The summed E-state index contributed by atoms with van der Waals surface area (Å²) in [5, 5.41) is 22.3. The van der Waals surface area contributed by atoms with E-state index in [1.54, 1.807) is 12.1 Å². The van der Waals surface area contributed by atoms with Crippen molar-refractivity contribution in [1.29, 1.82) is 0 Å². The Hall–Kier alpha value is -1.22. The van der Waals surface area contributed by atoms with E-state index in [4.69, 9.17) is 0 Å². The second-order valence-electron chi connectivity index (χ2n) is 5.00. The van der Waals surface area contributed by atoms with E-state index in [2.05, 4.69) is 5.32 Å². The van der Waals surface area contributed by atoms with Gasteiger partial charge in [0.25, 0.3) is 0 Å². The monoisotopic (exact) mass is 235 g/mol. The van der Waals surface area contributed by atoms with E-state index < -0.39 is 0 Å². The second-order valence-corrected chi connectivity index (χ2v) is 5.00. The van der Waals surface area contributed by atoms with E-state index in [1.165, 1.54) is 31.7 Å². The lowest BCUT2D eigenvalue weighted by molar-refractivity contribution is 0.434. The van der Waals surface area contributed by atoms with Gasteiger partial charge in [0.05, 0.1) is 0 Å². The van der Waals surface area contributed by atoms with Crippen LogP contribution in [-0.4, -0.2) is 16.8 Å². The molecular weight excluding hydrogens is 214 g/mol. The Balaban J connectivity index is 1.78. The van der Waals surface area contributed by atoms with Crippen LogP contribution in [0.4, 0.5) is 0 Å². The van der Waals surface area contributed by atoms with Gasteiger partial charge >= 0.3 is 0 Å². The molecule has 0 spiro atoms. The van der Waals surface area contributed by atoms with Crippen molar-refractivity contribution in [2.24, 2.45) is 5.92 Å². The lowest BCUT2D eigenvalue weighted by Crippen LogP contribution is -2.20. The van der Waals surface area contributed by atoms with Crippen LogP contribution < -0.4 is 5.32 Å². The first-order valence-electron chi connectivity index (χ1n) is 6.42. The molecule has 3 nitrogen and oxygen atoms in total. The molecule has 0 heterocycles. The van der Waals surface area contributed by atoms with Gasteiger partial charge in [0.15, 0.2) is 0 Å². The summed E-state index contributed by atoms with van der Waals surface area (Å²) in [7, 11) is 0. The fourth-order valence-corrected chi connectivity index (χ4v) is 2.12. The SMILES string of the molecule is CC(NCCCC1CC1)c1ccc(O)cc1O. The lowest BCUT2D eigenvalue weighted by atomic mass is 10.1. The number of hydrogen-bond donors (Lipinski definition) is 3. The van der Waals surface area contributed by atoms with Gasteiger partial charge in [0.2, 0.25) is 0 Å². The van der Waals surface area contributed by atoms with E-state index in [1.807, 2.05) is 6.92 Å². The number of hydrogen-bond acceptors (Lipinski definition) is 3. The zero-order chi connectivity index (χ0) is 12.3. The minimum atomic E-state index is 0.104. The third kappa shape index (κ3) is 3.63. The van der Waals surface area contributed by atoms with E-state index in [-0.39, 0.29) is 17.5 Å². The summed E-state index contributed by atoms with van der Waals surface area (Å²) in [5.41, 5.74) is 0.842. The van der Waals surface area contributed by atoms with Crippen molar-refractivity contribution in [1.82, 2.24) is 5.32 Å². The minimum Gasteiger partial charge on any atom is -0.508 e. The van der Waals surface area contributed by atoms with Gasteiger partial charge in [-0.3, -0.25) is 0 Å². The van der Waals surface area contributed by atoms with Crippen molar-refractivity contribution >= 4 is 0 Å². The fourth-order valence-electron chi connectivity index (χ4n) is 2.12. The molecule has 0 aliphatic heterocycles. The second kappa shape index (κ2) is 5.41. The van der Waals surface area contributed by atoms with Gasteiger partial charge in [-0.1, -0.05) is 18.9 Å². The Kier molecular flexibility index (Phi) is 3.89. The smallest absolute Gasteiger partial charge is 0.124 e. The number of benzene rings is 1. The molecular formula is C14H21NO2. The summed E-state index contributed by atoms with van der Waals surface area (Å²) < 4.78 is 0. The van der Waals surface area contributed by atoms with E-state index in [9.17, 15) is 10.2 Å². The maximum Gasteiger partial charge on any atom is 0.124 e. The molecule has 1 fully saturated rings. The van der Waals surface area contributed by atoms with Crippen molar-refractivity contribution in [3.8, 4) is 11.5 Å². The predicted molar refractivity (Wildman–Crippen MR) is 68.1 cm³/mol. The Bertz CT molecular complexity index is 374. The number of nitrogens with one attached hydrogen (secondary N) is 1. The van der Waals surface area contributed by atoms with Crippen LogP contribution in [-0.2, 0) is 0 Å². The molecule has 1 aliphatic carbocycles. The van der Waals surface area contributed by atoms with Gasteiger partial charge < -0.3 is 15.5 Å². The highest BCUT2D eigenvalue weighted by molar-refractivity contribution is 5.40. The molecule has 1 aromatic rings. The molecule has 0 radical (unpaired) electrons. The first kappa shape index (κ1) is 12.2. The third-order valence-electron chi connectivity index (χ3n) is 3.42. The Labute approximate surface area is 102 Å². The van der Waals surface area contributed by atoms with E-state index in [0.29, 0.717) is 0 Å². The van der Waals surface area contributed by atoms with Crippen LogP contribution in [0.1, 0.15) is 44.2 Å². The maximum absolute atomic E-state index is 9.72. The summed E-state index contributed by atoms with van der Waals surface area (Å²) in [4.78, 5) is 0. The third-order valence-corrected chi connectivity index (χ3v) is 3.42. The molecule has 94 valence electrons. The Morgan fingerprint density at radius 3 is 2.76 bits per heavy atom. The van der Waals surface area contributed by atoms with E-state index >= 15 is 0 Å². The summed E-state index contributed by atoms with van der Waals surface area (Å²) in [6, 6.07) is 4.88. The van der Waals surface area contributed by atoms with Gasteiger partial charge in [-0.05, 0) is 38.3 Å². The quantitative estimate of drug-likeness (QED) is 0.664. The Morgan fingerprint density at radius 1 is 1.35 bits per heavy atom. The minimum absolute atomic E-state index is 0.104. The largest absolute Gasteiger partial charge is 0.508 e. The molecule has 0 saturated heterocycles. The van der Waals surface area contributed by atoms with E-state index in [0.717, 1.165) is 18.0 Å². The lowest BCUT2D eigenvalue weighted by Gasteiger charge is -2.15. The van der Waals surface area contributed by atoms with Gasteiger partial charge in [-0.15, -0.1) is 0 Å². The van der Waals surface area contributed by atoms with Crippen molar-refractivity contribution < 1.29 is 10.2 Å². The van der Waals surface area contributed by atoms with Gasteiger partial charge in [0.1, 0.15) is 11.5 Å². The van der Waals surface area contributed by atoms with Crippen molar-refractivity contribution in [3.63, 3.8) is 0 Å². The average molecular weight is 235 g/mol. The first-order valence-corrected chi connectivity index (χ1v) is 6.42. The molecule has 1 atom stereocenters. The molecule has 1 saturated carbocycles. The highest BCUT2D eigenvalue weighted by Gasteiger charge is 2.20. The molecule has 1 aliphatic rings. The van der Waals surface area contributed by atoms with Crippen LogP contribution in [0.5, 0.6) is 11.5 Å². The number of aromatic hydroxyl groups is 2. The zero-order valence-corrected chi connectivity index (χ0v) is 10.3. The molecule has 3 heteroatoms. The summed E-state index contributed by atoms with van der Waals surface area (Å²) in [5.74, 6) is 1.24. The average Bonchev–Trinajstić information content (AvgIpc) is 3.08. The maximum atomic E-state index is 9.72. The van der Waals surface area contributed by atoms with Gasteiger partial charge in [-0.25, -0.2) is 0 Å². The number of phenolic OH excluding ortho intramolecular Hbond substituents is 2. The standard InChI is InChI=1S/C14H21NO2/c1-10(15-8-2-3-11-4-5-11)13-7-6-12(16)9-14(13)17/h6-7,9-11,15-17H,2-5,8H2,1H3. The van der Waals surface area contributed by atoms with Crippen molar-refractivity contribution in [2.45, 2.75) is 38.6 Å². The molecule has 1 aromatic carbocycles. The summed E-state index contributed by atoms with van der Waals surface area (Å²) in [6.07, 6.45) is 5.34. The van der Waals surface area contributed by atoms with Crippen LogP contribution >= 0.6 is 0 Å². The first-order chi connectivity index (χ1) is 8.16. The highest BCUT2D eigenvalue weighted by atomic mass is 16.3. The molecule has 0 bridgehead atoms. The molecule has 1 unspecified atom stereocenters. The zero-order valence-electron chi connectivity index (χ0n) is 10.3. The van der Waals surface area contributed by atoms with Gasteiger partial charge in [0, 0.05) is 17.7 Å². The number of phenols is 2.